The van der Waals surface area contributed by atoms with Gasteiger partial charge in [0.25, 0.3) is 0 Å². The monoisotopic (exact) mass is 547 g/mol. The normalized spacial score (nSPS) is 13.7. The van der Waals surface area contributed by atoms with Gasteiger partial charge < -0.3 is 5.11 Å². The lowest BCUT2D eigenvalue weighted by Gasteiger charge is -2.25. The lowest BCUT2D eigenvalue weighted by Crippen LogP contribution is -2.41. The summed E-state index contributed by atoms with van der Waals surface area (Å²) in [4.78, 5) is 14.5. The zero-order chi connectivity index (χ0) is 24.6. The Bertz CT molecular complexity index is 1370. The molecule has 0 saturated carbocycles. The zero-order valence-electron chi connectivity index (χ0n) is 17.0. The van der Waals surface area contributed by atoms with Crippen LogP contribution in [0, 0.1) is 0 Å². The van der Waals surface area contributed by atoms with Crippen LogP contribution in [0.5, 0.6) is 0 Å². The van der Waals surface area contributed by atoms with Gasteiger partial charge in [-0.25, -0.2) is 9.48 Å². The predicted molar refractivity (Wildman–Crippen MR) is 127 cm³/mol. The number of thiophene rings is 1. The molecule has 0 aliphatic heterocycles. The van der Waals surface area contributed by atoms with Gasteiger partial charge in [0.05, 0.1) is 22.6 Å². The highest BCUT2D eigenvalue weighted by Crippen LogP contribution is 2.37. The second-order valence-corrected chi connectivity index (χ2v) is 9.72. The molecule has 0 amide bonds. The summed E-state index contributed by atoms with van der Waals surface area (Å²) in [5.41, 5.74) is -0.0248. The van der Waals surface area contributed by atoms with Crippen molar-refractivity contribution in [3.05, 3.63) is 96.9 Å². The van der Waals surface area contributed by atoms with E-state index in [1.807, 2.05) is 6.07 Å². The summed E-state index contributed by atoms with van der Waals surface area (Å²) < 4.78 is 42.1. The molecule has 0 aliphatic carbocycles. The van der Waals surface area contributed by atoms with Crippen LogP contribution in [0.2, 0.25) is 15.1 Å². The van der Waals surface area contributed by atoms with E-state index >= 15 is 0 Å². The lowest BCUT2D eigenvalue weighted by atomic mass is 10.0. The van der Waals surface area contributed by atoms with Gasteiger partial charge >= 0.3 is 11.9 Å². The first-order valence-corrected chi connectivity index (χ1v) is 11.7. The van der Waals surface area contributed by atoms with E-state index in [2.05, 4.69) is 5.10 Å². The Morgan fingerprint density at radius 2 is 1.74 bits per heavy atom. The molecule has 0 radical (unpaired) electrons. The Labute approximate surface area is 210 Å². The molecule has 2 aromatic carbocycles. The van der Waals surface area contributed by atoms with Gasteiger partial charge in [-0.15, -0.1) is 11.3 Å². The van der Waals surface area contributed by atoms with E-state index < -0.39 is 24.0 Å². The summed E-state index contributed by atoms with van der Waals surface area (Å²) in [6, 6.07) is 12.5. The fourth-order valence-corrected chi connectivity index (χ4v) is 5.04. The quantitative estimate of drug-likeness (QED) is 0.308. The molecule has 12 heteroatoms. The molecule has 1 unspecified atom stereocenters. The molecule has 0 bridgehead atoms. The fraction of sp³-hybridized carbons (Fsp3) is 0.182. The molecule has 2 aromatic heterocycles. The summed E-state index contributed by atoms with van der Waals surface area (Å²) in [5.74, 6) is 0. The number of nitrogens with zero attached hydrogens (tertiary/aromatic N) is 3. The Morgan fingerprint density at radius 1 is 1.03 bits per heavy atom. The molecule has 0 saturated heterocycles. The van der Waals surface area contributed by atoms with Crippen LogP contribution in [0.4, 0.5) is 13.2 Å². The molecule has 0 fully saturated rings. The molecule has 2 heterocycles. The van der Waals surface area contributed by atoms with Crippen LogP contribution < -0.4 is 5.69 Å². The standard InChI is InChI=1S/C22H15Cl3F3N3O2S/c23-13-6-4-12(5-7-13)19(20(32)22(26,27)28)30-11-29-31(21(30)33)10-14-8-9-17(34-14)15-2-1-3-16(24)18(15)25/h1-9,11,19-20,32H,10H2/t19?,20-/m0/s1. The zero-order valence-corrected chi connectivity index (χ0v) is 20.1. The Balaban J connectivity index is 1.66. The maximum atomic E-state index is 13.4. The lowest BCUT2D eigenvalue weighted by molar-refractivity contribution is -0.213. The molecule has 0 spiro atoms. The minimum Gasteiger partial charge on any atom is -0.381 e. The van der Waals surface area contributed by atoms with Crippen LogP contribution in [0.25, 0.3) is 10.4 Å². The van der Waals surface area contributed by atoms with E-state index in [4.69, 9.17) is 34.8 Å². The smallest absolute Gasteiger partial charge is 0.381 e. The first kappa shape index (κ1) is 24.8. The highest BCUT2D eigenvalue weighted by molar-refractivity contribution is 7.15. The van der Waals surface area contributed by atoms with E-state index in [9.17, 15) is 23.1 Å². The molecular formula is C22H15Cl3F3N3O2S. The molecule has 4 aromatic rings. The number of rotatable bonds is 6. The molecule has 2 atom stereocenters. The molecular weight excluding hydrogens is 534 g/mol. The summed E-state index contributed by atoms with van der Waals surface area (Å²) in [6.07, 6.45) is -6.81. The topological polar surface area (TPSA) is 60.1 Å². The van der Waals surface area contributed by atoms with Crippen LogP contribution in [0.15, 0.2) is 65.7 Å². The van der Waals surface area contributed by atoms with Gasteiger partial charge in [0, 0.05) is 20.3 Å². The van der Waals surface area contributed by atoms with E-state index in [1.54, 1.807) is 24.3 Å². The van der Waals surface area contributed by atoms with Gasteiger partial charge in [-0.2, -0.15) is 18.3 Å². The second kappa shape index (κ2) is 9.75. The highest BCUT2D eigenvalue weighted by atomic mass is 35.5. The van der Waals surface area contributed by atoms with Gasteiger partial charge in [0.2, 0.25) is 0 Å². The van der Waals surface area contributed by atoms with Crippen molar-refractivity contribution in [1.29, 1.82) is 0 Å². The minimum atomic E-state index is -4.97. The highest BCUT2D eigenvalue weighted by Gasteiger charge is 2.45. The third-order valence-corrected chi connectivity index (χ3v) is 7.26. The Hall–Kier alpha value is -2.30. The number of aromatic nitrogens is 3. The van der Waals surface area contributed by atoms with E-state index in [0.717, 1.165) is 30.9 Å². The number of halogens is 6. The first-order chi connectivity index (χ1) is 16.1. The summed E-state index contributed by atoms with van der Waals surface area (Å²) >= 11 is 19.5. The van der Waals surface area contributed by atoms with Crippen molar-refractivity contribution in [1.82, 2.24) is 14.3 Å². The number of alkyl halides is 3. The van der Waals surface area contributed by atoms with Crippen molar-refractivity contribution in [3.63, 3.8) is 0 Å². The Morgan fingerprint density at radius 3 is 2.41 bits per heavy atom. The van der Waals surface area contributed by atoms with Crippen molar-refractivity contribution in [3.8, 4) is 10.4 Å². The summed E-state index contributed by atoms with van der Waals surface area (Å²) in [5, 5.41) is 15.1. The van der Waals surface area contributed by atoms with Crippen molar-refractivity contribution in [2.75, 3.05) is 0 Å². The third-order valence-electron chi connectivity index (χ3n) is 5.09. The van der Waals surface area contributed by atoms with Gasteiger partial charge in [-0.3, -0.25) is 4.57 Å². The van der Waals surface area contributed by atoms with Gasteiger partial charge in [0.1, 0.15) is 6.33 Å². The van der Waals surface area contributed by atoms with Crippen LogP contribution in [-0.2, 0) is 6.54 Å². The SMILES string of the molecule is O=c1n(C(c2ccc(Cl)cc2)[C@H](O)C(F)(F)F)cnn1Cc1ccc(-c2cccc(Cl)c2Cl)s1. The van der Waals surface area contributed by atoms with Crippen molar-refractivity contribution < 1.29 is 18.3 Å². The van der Waals surface area contributed by atoms with Crippen molar-refractivity contribution >= 4 is 46.1 Å². The first-order valence-electron chi connectivity index (χ1n) is 9.73. The summed E-state index contributed by atoms with van der Waals surface area (Å²) in [7, 11) is 0. The van der Waals surface area contributed by atoms with Crippen LogP contribution in [0.1, 0.15) is 16.5 Å². The molecule has 34 heavy (non-hydrogen) atoms. The average molecular weight is 549 g/mol. The molecule has 0 aliphatic rings. The van der Waals surface area contributed by atoms with Crippen LogP contribution >= 0.6 is 46.1 Å². The van der Waals surface area contributed by atoms with E-state index in [-0.39, 0.29) is 12.1 Å². The minimum absolute atomic E-state index is 0.0180. The third kappa shape index (κ3) is 5.04. The molecule has 4 rings (SSSR count). The van der Waals surface area contributed by atoms with E-state index in [0.29, 0.717) is 15.1 Å². The maximum Gasteiger partial charge on any atom is 0.416 e. The van der Waals surface area contributed by atoms with Gasteiger partial charge in [-0.1, -0.05) is 59.1 Å². The number of hydrogen-bond donors (Lipinski definition) is 1. The maximum absolute atomic E-state index is 13.4. The summed E-state index contributed by atoms with van der Waals surface area (Å²) in [6.45, 7) is 0.0180. The van der Waals surface area contributed by atoms with E-state index in [1.165, 1.54) is 35.6 Å². The van der Waals surface area contributed by atoms with Gasteiger partial charge in [0.15, 0.2) is 6.10 Å². The predicted octanol–water partition coefficient (Wildman–Crippen LogP) is 6.29. The molecule has 5 nitrogen and oxygen atoms in total. The Kier molecular flexibility index (Phi) is 7.12. The average Bonchev–Trinajstić information content (AvgIpc) is 3.39. The molecule has 178 valence electrons. The fourth-order valence-electron chi connectivity index (χ4n) is 3.43. The van der Waals surface area contributed by atoms with Crippen LogP contribution in [0.3, 0.4) is 0 Å². The number of aliphatic hydroxyl groups excluding tert-OH is 1. The largest absolute Gasteiger partial charge is 0.416 e. The number of hydrogen-bond acceptors (Lipinski definition) is 4. The van der Waals surface area contributed by atoms with Crippen molar-refractivity contribution in [2.45, 2.75) is 24.9 Å². The number of benzene rings is 2. The second-order valence-electron chi connectivity index (χ2n) is 7.33. The van der Waals surface area contributed by atoms with Crippen LogP contribution in [-0.4, -0.2) is 31.7 Å². The van der Waals surface area contributed by atoms with Crippen molar-refractivity contribution in [2.24, 2.45) is 0 Å². The number of aliphatic hydroxyl groups is 1. The molecule has 1 N–H and O–H groups in total. The van der Waals surface area contributed by atoms with Gasteiger partial charge in [-0.05, 0) is 35.9 Å².